The lowest BCUT2D eigenvalue weighted by atomic mass is 9.89. The zero-order valence-corrected chi connectivity index (χ0v) is 13.4. The molecule has 1 unspecified atom stereocenters. The highest BCUT2D eigenvalue weighted by Crippen LogP contribution is 2.30. The van der Waals surface area contributed by atoms with Crippen molar-refractivity contribution in [2.45, 2.75) is 33.1 Å². The number of hydrogen-bond acceptors (Lipinski definition) is 2. The number of nitrogens with two attached hydrogens (primary N) is 1. The monoisotopic (exact) mass is 312 g/mol. The van der Waals surface area contributed by atoms with E-state index in [0.717, 1.165) is 19.3 Å². The number of rotatable bonds is 3. The molecule has 2 rings (SSSR count). The quantitative estimate of drug-likeness (QED) is 0.859. The highest BCUT2D eigenvalue weighted by atomic mass is 32.1. The molecule has 1 atom stereocenters. The van der Waals surface area contributed by atoms with E-state index >= 15 is 0 Å². The van der Waals surface area contributed by atoms with Gasteiger partial charge in [0.1, 0.15) is 22.3 Å². The van der Waals surface area contributed by atoms with Crippen LogP contribution in [0.3, 0.4) is 0 Å². The van der Waals surface area contributed by atoms with E-state index in [-0.39, 0.29) is 16.2 Å². The molecule has 1 fully saturated rings. The molecule has 0 bridgehead atoms. The number of benzene rings is 1. The zero-order valence-electron chi connectivity index (χ0n) is 12.5. The van der Waals surface area contributed by atoms with Gasteiger partial charge in [0.15, 0.2) is 0 Å². The molecule has 1 saturated heterocycles. The van der Waals surface area contributed by atoms with Crippen LogP contribution in [0.4, 0.5) is 14.5 Å². The molecule has 0 radical (unpaired) electrons. The van der Waals surface area contributed by atoms with E-state index in [2.05, 4.69) is 13.8 Å². The summed E-state index contributed by atoms with van der Waals surface area (Å²) in [5, 5.41) is 0. The minimum atomic E-state index is -0.583. The van der Waals surface area contributed by atoms with Gasteiger partial charge in [0.2, 0.25) is 0 Å². The van der Waals surface area contributed by atoms with Gasteiger partial charge in [-0.25, -0.2) is 8.78 Å². The third kappa shape index (κ3) is 3.70. The molecule has 0 spiro atoms. The van der Waals surface area contributed by atoms with Crippen molar-refractivity contribution in [1.82, 2.24) is 0 Å². The van der Waals surface area contributed by atoms with E-state index in [9.17, 15) is 8.78 Å². The van der Waals surface area contributed by atoms with Crippen molar-refractivity contribution in [2.24, 2.45) is 17.6 Å². The second kappa shape index (κ2) is 6.69. The molecule has 21 heavy (non-hydrogen) atoms. The molecule has 116 valence electrons. The lowest BCUT2D eigenvalue weighted by Gasteiger charge is -2.24. The van der Waals surface area contributed by atoms with Crippen LogP contribution in [-0.4, -0.2) is 18.1 Å². The maximum atomic E-state index is 14.2. The summed E-state index contributed by atoms with van der Waals surface area (Å²) in [6.45, 7) is 5.78. The van der Waals surface area contributed by atoms with Crippen molar-refractivity contribution < 1.29 is 8.78 Å². The first-order valence-corrected chi connectivity index (χ1v) is 7.84. The van der Waals surface area contributed by atoms with Gasteiger partial charge in [-0.15, -0.1) is 0 Å². The van der Waals surface area contributed by atoms with Crippen LogP contribution in [0, 0.1) is 23.5 Å². The maximum absolute atomic E-state index is 14.2. The van der Waals surface area contributed by atoms with Crippen molar-refractivity contribution in [2.75, 3.05) is 18.0 Å². The Hall–Kier alpha value is -1.23. The normalized spacial score (nSPS) is 19.7. The molecule has 1 aromatic carbocycles. The Kier molecular flexibility index (Phi) is 5.14. The molecule has 2 N–H and O–H groups in total. The van der Waals surface area contributed by atoms with E-state index in [0.29, 0.717) is 24.9 Å². The molecule has 2 nitrogen and oxygen atoms in total. The molecule has 0 saturated carbocycles. The van der Waals surface area contributed by atoms with Gasteiger partial charge in [0.25, 0.3) is 0 Å². The van der Waals surface area contributed by atoms with Gasteiger partial charge >= 0.3 is 0 Å². The van der Waals surface area contributed by atoms with Gasteiger partial charge in [-0.05, 0) is 43.2 Å². The lowest BCUT2D eigenvalue weighted by Crippen LogP contribution is -2.27. The Morgan fingerprint density at radius 2 is 1.86 bits per heavy atom. The van der Waals surface area contributed by atoms with E-state index in [1.165, 1.54) is 12.1 Å². The van der Waals surface area contributed by atoms with Crippen molar-refractivity contribution in [3.63, 3.8) is 0 Å². The number of nitrogens with zero attached hydrogens (tertiary/aromatic N) is 1. The van der Waals surface area contributed by atoms with Crippen LogP contribution in [0.2, 0.25) is 0 Å². The summed E-state index contributed by atoms with van der Waals surface area (Å²) in [6, 6.07) is 2.46. The van der Waals surface area contributed by atoms with Crippen LogP contribution in [-0.2, 0) is 0 Å². The lowest BCUT2D eigenvalue weighted by molar-refractivity contribution is 0.351. The number of hydrogen-bond donors (Lipinski definition) is 1. The molecule has 5 heteroatoms. The number of halogens is 2. The van der Waals surface area contributed by atoms with Gasteiger partial charge in [-0.2, -0.15) is 0 Å². The summed E-state index contributed by atoms with van der Waals surface area (Å²) in [5.74, 6) is 0.0650. The van der Waals surface area contributed by atoms with Crippen LogP contribution in [0.5, 0.6) is 0 Å². The third-order valence-electron chi connectivity index (χ3n) is 4.33. The Morgan fingerprint density at radius 3 is 2.38 bits per heavy atom. The Morgan fingerprint density at radius 1 is 1.24 bits per heavy atom. The van der Waals surface area contributed by atoms with E-state index in [4.69, 9.17) is 18.0 Å². The first-order valence-electron chi connectivity index (χ1n) is 7.44. The Balaban J connectivity index is 2.24. The molecular formula is C16H22F2N2S. The van der Waals surface area contributed by atoms with Crippen LogP contribution in [0.1, 0.15) is 38.7 Å². The van der Waals surface area contributed by atoms with E-state index < -0.39 is 11.6 Å². The van der Waals surface area contributed by atoms with Crippen LogP contribution < -0.4 is 10.6 Å². The fourth-order valence-corrected chi connectivity index (χ4v) is 3.14. The molecule has 1 aliphatic heterocycles. The first-order chi connectivity index (χ1) is 9.90. The van der Waals surface area contributed by atoms with Gasteiger partial charge in [-0.1, -0.05) is 26.1 Å². The maximum Gasteiger partial charge on any atom is 0.150 e. The highest BCUT2D eigenvalue weighted by molar-refractivity contribution is 7.80. The number of thiocarbonyl (C=S) groups is 1. The predicted octanol–water partition coefficient (Wildman–Crippen LogP) is 3.86. The number of anilines is 1. The molecular weight excluding hydrogens is 290 g/mol. The molecule has 0 amide bonds. The minimum absolute atomic E-state index is 0.00934. The summed E-state index contributed by atoms with van der Waals surface area (Å²) < 4.78 is 28.5. The van der Waals surface area contributed by atoms with Crippen molar-refractivity contribution in [3.05, 3.63) is 29.3 Å². The smallest absolute Gasteiger partial charge is 0.150 e. The largest absolute Gasteiger partial charge is 0.389 e. The average Bonchev–Trinajstić information content (AvgIpc) is 2.63. The van der Waals surface area contributed by atoms with Crippen molar-refractivity contribution in [3.8, 4) is 0 Å². The summed E-state index contributed by atoms with van der Waals surface area (Å²) in [7, 11) is 0. The Labute approximate surface area is 130 Å². The highest BCUT2D eigenvalue weighted by Gasteiger charge is 2.24. The van der Waals surface area contributed by atoms with Gasteiger partial charge in [0, 0.05) is 18.7 Å². The SMILES string of the molecule is CC(C)C1CCCN(c2c(F)cc(C(N)=S)cc2F)CC1. The molecule has 1 aromatic rings. The summed E-state index contributed by atoms with van der Waals surface area (Å²) in [5.41, 5.74) is 5.73. The van der Waals surface area contributed by atoms with Gasteiger partial charge in [0.05, 0.1) is 0 Å². The minimum Gasteiger partial charge on any atom is -0.389 e. The van der Waals surface area contributed by atoms with E-state index in [1.807, 2.05) is 4.90 Å². The van der Waals surface area contributed by atoms with Gasteiger partial charge < -0.3 is 10.6 Å². The summed E-state index contributed by atoms with van der Waals surface area (Å²) >= 11 is 4.78. The average molecular weight is 312 g/mol. The topological polar surface area (TPSA) is 29.3 Å². The second-order valence-electron chi connectivity index (χ2n) is 6.07. The molecule has 1 aliphatic rings. The predicted molar refractivity (Wildman–Crippen MR) is 86.6 cm³/mol. The standard InChI is InChI=1S/C16H22F2N2S/c1-10(2)11-4-3-6-20(7-5-11)15-13(17)8-12(16(19)21)9-14(15)18/h8-11H,3-7H2,1-2H3,(H2,19,21). The third-order valence-corrected chi connectivity index (χ3v) is 4.57. The second-order valence-corrected chi connectivity index (χ2v) is 6.51. The van der Waals surface area contributed by atoms with E-state index in [1.54, 1.807) is 0 Å². The first kappa shape index (κ1) is 16.1. The fourth-order valence-electron chi connectivity index (χ4n) is 3.02. The molecule has 1 heterocycles. The van der Waals surface area contributed by atoms with Crippen LogP contribution in [0.25, 0.3) is 0 Å². The Bertz CT molecular complexity index is 508. The molecule has 0 aromatic heterocycles. The van der Waals surface area contributed by atoms with Crippen molar-refractivity contribution in [1.29, 1.82) is 0 Å². The fraction of sp³-hybridized carbons (Fsp3) is 0.562. The van der Waals surface area contributed by atoms with Gasteiger partial charge in [-0.3, -0.25) is 0 Å². The summed E-state index contributed by atoms with van der Waals surface area (Å²) in [4.78, 5) is 1.83. The van der Waals surface area contributed by atoms with Crippen LogP contribution in [0.15, 0.2) is 12.1 Å². The van der Waals surface area contributed by atoms with Crippen LogP contribution >= 0.6 is 12.2 Å². The van der Waals surface area contributed by atoms with Crippen molar-refractivity contribution >= 4 is 22.9 Å². The zero-order chi connectivity index (χ0) is 15.6. The molecule has 0 aliphatic carbocycles. The summed E-state index contributed by atoms with van der Waals surface area (Å²) in [6.07, 6.45) is 3.04.